The highest BCUT2D eigenvalue weighted by atomic mass is 14.1. The molecule has 0 radical (unpaired) electrons. The van der Waals surface area contributed by atoms with Crippen molar-refractivity contribution in [2.75, 3.05) is 0 Å². The molecule has 0 amide bonds. The smallest absolute Gasteiger partial charge is 0.0144 e. The second-order valence-electron chi connectivity index (χ2n) is 3.71. The standard InChI is InChI=1S/C13H22/c1-6-8-11(3)9-10-13(5)12(4)7-2/h6-7,9,13H,1,8,10H2,2-5H3. The zero-order valence-electron chi connectivity index (χ0n) is 9.43. The summed E-state index contributed by atoms with van der Waals surface area (Å²) in [6, 6.07) is 0. The summed E-state index contributed by atoms with van der Waals surface area (Å²) in [5.41, 5.74) is 2.90. The van der Waals surface area contributed by atoms with E-state index in [1.54, 1.807) is 0 Å². The third kappa shape index (κ3) is 5.46. The SMILES string of the molecule is C=CCC(C)=CCC(C)C(C)=CC. The van der Waals surface area contributed by atoms with Crippen LogP contribution in [0.3, 0.4) is 0 Å². The molecule has 0 saturated carbocycles. The minimum Gasteiger partial charge on any atom is -0.103 e. The van der Waals surface area contributed by atoms with Crippen molar-refractivity contribution in [2.45, 2.75) is 40.5 Å². The lowest BCUT2D eigenvalue weighted by Gasteiger charge is -2.09. The van der Waals surface area contributed by atoms with E-state index in [2.05, 4.69) is 46.4 Å². The molecule has 0 saturated heterocycles. The van der Waals surface area contributed by atoms with Crippen LogP contribution in [0.4, 0.5) is 0 Å². The Bertz CT molecular complexity index is 206. The van der Waals surface area contributed by atoms with Gasteiger partial charge in [-0.25, -0.2) is 0 Å². The van der Waals surface area contributed by atoms with E-state index in [4.69, 9.17) is 0 Å². The zero-order chi connectivity index (χ0) is 10.3. The van der Waals surface area contributed by atoms with Crippen LogP contribution < -0.4 is 0 Å². The maximum Gasteiger partial charge on any atom is -0.0144 e. The number of allylic oxidation sites excluding steroid dienone is 5. The zero-order valence-corrected chi connectivity index (χ0v) is 9.43. The van der Waals surface area contributed by atoms with E-state index in [1.807, 2.05) is 6.08 Å². The Morgan fingerprint density at radius 3 is 2.46 bits per heavy atom. The molecule has 0 aromatic rings. The molecule has 0 N–H and O–H groups in total. The van der Waals surface area contributed by atoms with Gasteiger partial charge in [0, 0.05) is 0 Å². The molecule has 0 aliphatic rings. The van der Waals surface area contributed by atoms with Gasteiger partial charge in [0.15, 0.2) is 0 Å². The highest BCUT2D eigenvalue weighted by Gasteiger charge is 2.00. The van der Waals surface area contributed by atoms with E-state index in [1.165, 1.54) is 11.1 Å². The predicted molar refractivity (Wildman–Crippen MR) is 61.8 cm³/mol. The van der Waals surface area contributed by atoms with Crippen LogP contribution >= 0.6 is 0 Å². The average molecular weight is 178 g/mol. The third-order valence-corrected chi connectivity index (χ3v) is 2.52. The fourth-order valence-corrected chi connectivity index (χ4v) is 1.16. The lowest BCUT2D eigenvalue weighted by Crippen LogP contribution is -1.94. The summed E-state index contributed by atoms with van der Waals surface area (Å²) in [4.78, 5) is 0. The van der Waals surface area contributed by atoms with Crippen molar-refractivity contribution in [1.82, 2.24) is 0 Å². The van der Waals surface area contributed by atoms with Gasteiger partial charge < -0.3 is 0 Å². The summed E-state index contributed by atoms with van der Waals surface area (Å²) in [5.74, 6) is 0.671. The van der Waals surface area contributed by atoms with Crippen molar-refractivity contribution in [2.24, 2.45) is 5.92 Å². The molecule has 0 aliphatic heterocycles. The molecule has 0 aliphatic carbocycles. The van der Waals surface area contributed by atoms with Crippen LogP contribution in [0, 0.1) is 5.92 Å². The van der Waals surface area contributed by atoms with Crippen LogP contribution in [-0.4, -0.2) is 0 Å². The summed E-state index contributed by atoms with van der Waals surface area (Å²) in [5, 5.41) is 0. The molecule has 0 aromatic carbocycles. The van der Waals surface area contributed by atoms with Gasteiger partial charge >= 0.3 is 0 Å². The van der Waals surface area contributed by atoms with Crippen molar-refractivity contribution >= 4 is 0 Å². The Morgan fingerprint density at radius 2 is 2.00 bits per heavy atom. The van der Waals surface area contributed by atoms with Gasteiger partial charge in [0.2, 0.25) is 0 Å². The van der Waals surface area contributed by atoms with Crippen LogP contribution in [0.25, 0.3) is 0 Å². The summed E-state index contributed by atoms with van der Waals surface area (Å²) in [6.07, 6.45) is 8.64. The monoisotopic (exact) mass is 178 g/mol. The highest BCUT2D eigenvalue weighted by Crippen LogP contribution is 2.16. The first-order valence-electron chi connectivity index (χ1n) is 5.01. The quantitative estimate of drug-likeness (QED) is 0.544. The fraction of sp³-hybridized carbons (Fsp3) is 0.538. The van der Waals surface area contributed by atoms with Crippen LogP contribution in [-0.2, 0) is 0 Å². The molecule has 0 heterocycles. The largest absolute Gasteiger partial charge is 0.103 e. The molecule has 0 rings (SSSR count). The van der Waals surface area contributed by atoms with Gasteiger partial charge in [-0.15, -0.1) is 6.58 Å². The van der Waals surface area contributed by atoms with E-state index < -0.39 is 0 Å². The lowest BCUT2D eigenvalue weighted by atomic mass is 9.97. The summed E-state index contributed by atoms with van der Waals surface area (Å²) in [6.45, 7) is 12.5. The van der Waals surface area contributed by atoms with E-state index in [0.717, 1.165) is 12.8 Å². The maximum absolute atomic E-state index is 3.73. The molecular weight excluding hydrogens is 156 g/mol. The molecule has 0 fully saturated rings. The predicted octanol–water partition coefficient (Wildman–Crippen LogP) is 4.50. The van der Waals surface area contributed by atoms with Crippen LogP contribution in [0.15, 0.2) is 36.0 Å². The topological polar surface area (TPSA) is 0 Å². The average Bonchev–Trinajstić information content (AvgIpc) is 2.13. The second kappa shape index (κ2) is 6.71. The van der Waals surface area contributed by atoms with Crippen molar-refractivity contribution < 1.29 is 0 Å². The number of rotatable bonds is 5. The van der Waals surface area contributed by atoms with Crippen molar-refractivity contribution in [3.8, 4) is 0 Å². The number of hydrogen-bond donors (Lipinski definition) is 0. The Hall–Kier alpha value is -0.780. The van der Waals surface area contributed by atoms with E-state index in [0.29, 0.717) is 5.92 Å². The van der Waals surface area contributed by atoms with Crippen molar-refractivity contribution in [1.29, 1.82) is 0 Å². The third-order valence-electron chi connectivity index (χ3n) is 2.52. The Morgan fingerprint density at radius 1 is 1.38 bits per heavy atom. The lowest BCUT2D eigenvalue weighted by molar-refractivity contribution is 0.689. The van der Waals surface area contributed by atoms with Crippen LogP contribution in [0.2, 0.25) is 0 Å². The normalized spacial score (nSPS) is 15.7. The van der Waals surface area contributed by atoms with Crippen LogP contribution in [0.5, 0.6) is 0 Å². The van der Waals surface area contributed by atoms with Crippen molar-refractivity contribution in [3.05, 3.63) is 36.0 Å². The Labute approximate surface area is 83.0 Å². The molecule has 74 valence electrons. The Kier molecular flexibility index (Phi) is 6.30. The van der Waals surface area contributed by atoms with E-state index in [-0.39, 0.29) is 0 Å². The van der Waals surface area contributed by atoms with Gasteiger partial charge in [0.1, 0.15) is 0 Å². The minimum absolute atomic E-state index is 0.671. The molecule has 0 heteroatoms. The molecule has 0 spiro atoms. The van der Waals surface area contributed by atoms with Crippen molar-refractivity contribution in [3.63, 3.8) is 0 Å². The summed E-state index contributed by atoms with van der Waals surface area (Å²) in [7, 11) is 0. The van der Waals surface area contributed by atoms with E-state index >= 15 is 0 Å². The van der Waals surface area contributed by atoms with Crippen LogP contribution in [0.1, 0.15) is 40.5 Å². The first kappa shape index (κ1) is 12.2. The first-order valence-corrected chi connectivity index (χ1v) is 5.01. The van der Waals surface area contributed by atoms with E-state index in [9.17, 15) is 0 Å². The molecule has 13 heavy (non-hydrogen) atoms. The molecule has 0 aromatic heterocycles. The Balaban J connectivity index is 4.00. The molecule has 0 bridgehead atoms. The summed E-state index contributed by atoms with van der Waals surface area (Å²) >= 11 is 0. The second-order valence-corrected chi connectivity index (χ2v) is 3.71. The van der Waals surface area contributed by atoms with Gasteiger partial charge in [0.25, 0.3) is 0 Å². The first-order chi connectivity index (χ1) is 6.11. The minimum atomic E-state index is 0.671. The fourth-order valence-electron chi connectivity index (χ4n) is 1.16. The summed E-state index contributed by atoms with van der Waals surface area (Å²) < 4.78 is 0. The van der Waals surface area contributed by atoms with Gasteiger partial charge in [0.05, 0.1) is 0 Å². The molecular formula is C13H22. The molecule has 1 unspecified atom stereocenters. The molecule has 0 nitrogen and oxygen atoms in total. The van der Waals surface area contributed by atoms with Gasteiger partial charge in [-0.2, -0.15) is 0 Å². The van der Waals surface area contributed by atoms with Gasteiger partial charge in [-0.1, -0.05) is 36.3 Å². The molecule has 1 atom stereocenters. The highest BCUT2D eigenvalue weighted by molar-refractivity contribution is 5.07. The maximum atomic E-state index is 3.73. The van der Waals surface area contributed by atoms with Gasteiger partial charge in [-0.3, -0.25) is 0 Å². The van der Waals surface area contributed by atoms with Gasteiger partial charge in [-0.05, 0) is 39.5 Å². The number of hydrogen-bond acceptors (Lipinski definition) is 0.